The Labute approximate surface area is 195 Å². The molecule has 4 aliphatic carbocycles. The number of hydrogen-bond donors (Lipinski definition) is 2. The summed E-state index contributed by atoms with van der Waals surface area (Å²) in [6, 6.07) is 0. The number of nitrogens with zero attached hydrogens (tertiary/aromatic N) is 2. The van der Waals surface area contributed by atoms with Crippen molar-refractivity contribution >= 4 is 6.21 Å². The first-order valence-electron chi connectivity index (χ1n) is 13.0. The highest BCUT2D eigenvalue weighted by Crippen LogP contribution is 2.69. The van der Waals surface area contributed by atoms with Crippen LogP contribution in [-0.2, 0) is 4.84 Å². The van der Waals surface area contributed by atoms with E-state index >= 15 is 0 Å². The molecule has 182 valence electrons. The minimum Gasteiger partial charge on any atom is -0.394 e. The zero-order valence-electron chi connectivity index (χ0n) is 21.0. The largest absolute Gasteiger partial charge is 0.394 e. The molecule has 0 heterocycles. The van der Waals surface area contributed by atoms with Crippen LogP contribution in [0.3, 0.4) is 0 Å². The first-order chi connectivity index (χ1) is 15.1. The van der Waals surface area contributed by atoms with Crippen LogP contribution in [0.1, 0.15) is 78.6 Å². The van der Waals surface area contributed by atoms with Crippen molar-refractivity contribution in [1.29, 1.82) is 0 Å². The van der Waals surface area contributed by atoms with Crippen molar-refractivity contribution in [1.82, 2.24) is 4.90 Å². The quantitative estimate of drug-likeness (QED) is 0.355. The normalized spacial score (nSPS) is 46.8. The van der Waals surface area contributed by atoms with Gasteiger partial charge < -0.3 is 20.0 Å². The van der Waals surface area contributed by atoms with E-state index in [9.17, 15) is 10.2 Å². The second-order valence-electron chi connectivity index (χ2n) is 12.2. The molecular weight excluding hydrogens is 400 g/mol. The Bertz CT molecular complexity index is 736. The molecule has 5 nitrogen and oxygen atoms in total. The predicted octanol–water partition coefficient (Wildman–Crippen LogP) is 4.63. The maximum atomic E-state index is 12.3. The van der Waals surface area contributed by atoms with Gasteiger partial charge in [-0.3, -0.25) is 0 Å². The highest BCUT2D eigenvalue weighted by molar-refractivity contribution is 5.77. The molecule has 0 aliphatic heterocycles. The smallest absolute Gasteiger partial charge is 0.129 e. The van der Waals surface area contributed by atoms with E-state index in [2.05, 4.69) is 36.9 Å². The third-order valence-corrected chi connectivity index (χ3v) is 10.3. The summed E-state index contributed by atoms with van der Waals surface area (Å²) in [5.41, 5.74) is 0.789. The lowest BCUT2D eigenvalue weighted by Crippen LogP contribution is -2.62. The van der Waals surface area contributed by atoms with E-state index in [-0.39, 0.29) is 11.5 Å². The van der Waals surface area contributed by atoms with Crippen LogP contribution in [-0.4, -0.2) is 60.3 Å². The van der Waals surface area contributed by atoms with E-state index in [0.29, 0.717) is 35.7 Å². The summed E-state index contributed by atoms with van der Waals surface area (Å²) in [6.07, 6.45) is 13.7. The molecular formula is C27H46N2O3. The second kappa shape index (κ2) is 9.03. The number of aliphatic hydroxyl groups is 2. The van der Waals surface area contributed by atoms with E-state index < -0.39 is 5.60 Å². The molecule has 8 atom stereocenters. The Hall–Kier alpha value is -0.910. The average molecular weight is 447 g/mol. The van der Waals surface area contributed by atoms with Gasteiger partial charge in [-0.1, -0.05) is 25.1 Å². The lowest BCUT2D eigenvalue weighted by atomic mass is 9.43. The summed E-state index contributed by atoms with van der Waals surface area (Å²) in [4.78, 5) is 7.47. The summed E-state index contributed by atoms with van der Waals surface area (Å²) in [6.45, 7) is 8.39. The molecule has 4 fully saturated rings. The van der Waals surface area contributed by atoms with Gasteiger partial charge in [-0.15, -0.1) is 0 Å². The number of oxime groups is 1. The topological polar surface area (TPSA) is 65.3 Å². The van der Waals surface area contributed by atoms with Crippen LogP contribution in [0.4, 0.5) is 0 Å². The Morgan fingerprint density at radius 2 is 1.84 bits per heavy atom. The van der Waals surface area contributed by atoms with Crippen molar-refractivity contribution in [3.63, 3.8) is 0 Å². The average Bonchev–Trinajstić information content (AvgIpc) is 2.99. The van der Waals surface area contributed by atoms with Gasteiger partial charge in [-0.2, -0.15) is 0 Å². The van der Waals surface area contributed by atoms with Crippen LogP contribution in [0.2, 0.25) is 0 Å². The van der Waals surface area contributed by atoms with Crippen LogP contribution < -0.4 is 0 Å². The Morgan fingerprint density at radius 3 is 2.59 bits per heavy atom. The minimum absolute atomic E-state index is 0.0631. The van der Waals surface area contributed by atoms with Crippen molar-refractivity contribution in [3.05, 3.63) is 11.6 Å². The third kappa shape index (κ3) is 4.07. The molecule has 4 saturated carbocycles. The molecule has 5 heteroatoms. The summed E-state index contributed by atoms with van der Waals surface area (Å²) in [7, 11) is 4.05. The number of aliphatic hydroxyl groups excluding tert-OH is 1. The van der Waals surface area contributed by atoms with E-state index in [4.69, 9.17) is 4.84 Å². The van der Waals surface area contributed by atoms with Gasteiger partial charge in [0.05, 0.1) is 17.9 Å². The Balaban J connectivity index is 1.47. The monoisotopic (exact) mass is 446 g/mol. The zero-order chi connectivity index (χ0) is 23.1. The molecule has 3 unspecified atom stereocenters. The maximum Gasteiger partial charge on any atom is 0.129 e. The number of fused-ring (bicyclic) bond motifs is 5. The van der Waals surface area contributed by atoms with Crippen molar-refractivity contribution in [2.75, 3.05) is 27.2 Å². The van der Waals surface area contributed by atoms with E-state index in [1.807, 2.05) is 20.3 Å². The number of likely N-dealkylation sites (N-methyl/N-ethyl adjacent to an activating group) is 1. The van der Waals surface area contributed by atoms with Crippen LogP contribution in [0, 0.1) is 34.5 Å². The van der Waals surface area contributed by atoms with Gasteiger partial charge in [0.15, 0.2) is 0 Å². The van der Waals surface area contributed by atoms with Crippen LogP contribution in [0.25, 0.3) is 0 Å². The molecule has 0 amide bonds. The fraction of sp³-hybridized carbons (Fsp3) is 0.889. The molecule has 0 radical (unpaired) electrons. The van der Waals surface area contributed by atoms with E-state index in [1.54, 1.807) is 0 Å². The van der Waals surface area contributed by atoms with Crippen molar-refractivity contribution < 1.29 is 15.1 Å². The Morgan fingerprint density at radius 1 is 1.06 bits per heavy atom. The molecule has 0 bridgehead atoms. The van der Waals surface area contributed by atoms with Crippen molar-refractivity contribution in [3.8, 4) is 0 Å². The van der Waals surface area contributed by atoms with Crippen molar-refractivity contribution in [2.45, 2.75) is 90.3 Å². The standard InChI is InChI=1S/C27H46N2O3/c1-19(18-28-32-15-14-29(4)5)16-21-8-13-27(31)24-7-6-20-17-22(30)9-11-25(20,2)23(24)10-12-26(21,27)3/h16,18,20-24,30-31H,6-15,17H2,1-5H3/b19-16?,28-18+/t20?,21?,22?,23-,24-,25+,26-,27-/m1/s1. The minimum atomic E-state index is -0.569. The molecule has 0 aromatic heterocycles. The Kier molecular flexibility index (Phi) is 6.84. The first kappa shape index (κ1) is 24.2. The van der Waals surface area contributed by atoms with Gasteiger partial charge in [0.1, 0.15) is 6.61 Å². The van der Waals surface area contributed by atoms with E-state index in [1.165, 1.54) is 12.8 Å². The second-order valence-corrected chi connectivity index (χ2v) is 12.2. The molecule has 0 spiro atoms. The number of hydrogen-bond acceptors (Lipinski definition) is 5. The SMILES string of the molecule is CC(=CC1CC[C@@]2(O)[C@@H]3CCC4CC(O)CC[C@]4(C)[C@@H]3CC[C@]12C)/C=N/OCCN(C)C. The number of rotatable bonds is 6. The van der Waals surface area contributed by atoms with Crippen LogP contribution in [0.15, 0.2) is 16.8 Å². The summed E-state index contributed by atoms with van der Waals surface area (Å²) in [5.74, 6) is 2.02. The fourth-order valence-electron chi connectivity index (χ4n) is 8.27. The highest BCUT2D eigenvalue weighted by Gasteiger charge is 2.66. The lowest BCUT2D eigenvalue weighted by molar-refractivity contribution is -0.207. The van der Waals surface area contributed by atoms with Gasteiger partial charge in [-0.25, -0.2) is 0 Å². The maximum absolute atomic E-state index is 12.3. The van der Waals surface area contributed by atoms with Gasteiger partial charge in [0.25, 0.3) is 0 Å². The molecule has 0 aromatic rings. The molecule has 0 aromatic carbocycles. The summed E-state index contributed by atoms with van der Waals surface area (Å²) < 4.78 is 0. The predicted molar refractivity (Wildman–Crippen MR) is 129 cm³/mol. The van der Waals surface area contributed by atoms with Crippen LogP contribution in [0.5, 0.6) is 0 Å². The molecule has 2 N–H and O–H groups in total. The molecule has 0 saturated heterocycles. The number of allylic oxidation sites excluding steroid dienone is 2. The summed E-state index contributed by atoms with van der Waals surface area (Å²) in [5, 5.41) is 26.7. The van der Waals surface area contributed by atoms with E-state index in [0.717, 1.165) is 57.1 Å². The third-order valence-electron chi connectivity index (χ3n) is 10.3. The lowest BCUT2D eigenvalue weighted by Gasteiger charge is -2.63. The molecule has 4 rings (SSSR count). The van der Waals surface area contributed by atoms with Gasteiger partial charge in [0, 0.05) is 12.0 Å². The summed E-state index contributed by atoms with van der Waals surface area (Å²) >= 11 is 0. The molecule has 32 heavy (non-hydrogen) atoms. The first-order valence-corrected chi connectivity index (χ1v) is 13.0. The van der Waals surface area contributed by atoms with Gasteiger partial charge >= 0.3 is 0 Å². The van der Waals surface area contributed by atoms with Crippen LogP contribution >= 0.6 is 0 Å². The molecule has 4 aliphatic rings. The van der Waals surface area contributed by atoms with Gasteiger partial charge in [-0.05, 0) is 113 Å². The van der Waals surface area contributed by atoms with Crippen molar-refractivity contribution in [2.24, 2.45) is 39.7 Å². The van der Waals surface area contributed by atoms with Gasteiger partial charge in [0.2, 0.25) is 0 Å². The highest BCUT2D eigenvalue weighted by atomic mass is 16.6. The fourth-order valence-corrected chi connectivity index (χ4v) is 8.27. The zero-order valence-corrected chi connectivity index (χ0v) is 21.0.